The first-order valence-corrected chi connectivity index (χ1v) is 6.96. The van der Waals surface area contributed by atoms with Crippen LogP contribution in [-0.4, -0.2) is 9.78 Å². The molecule has 0 amide bonds. The van der Waals surface area contributed by atoms with E-state index in [0.717, 1.165) is 30.5 Å². The first-order chi connectivity index (χ1) is 9.65. The summed E-state index contributed by atoms with van der Waals surface area (Å²) in [5.41, 5.74) is 9.76. The zero-order chi connectivity index (χ0) is 14.5. The predicted octanol–water partition coefficient (Wildman–Crippen LogP) is 3.04. The lowest BCUT2D eigenvalue weighted by Gasteiger charge is -2.05. The maximum absolute atomic E-state index is 9.24. The molecular formula is C16H20N4. The number of hydrogen-bond acceptors (Lipinski definition) is 3. The van der Waals surface area contributed by atoms with Crippen molar-refractivity contribution in [1.29, 1.82) is 5.26 Å². The summed E-state index contributed by atoms with van der Waals surface area (Å²) in [6, 6.07) is 10.4. The molecule has 0 unspecified atom stereocenters. The SMILES string of the molecule is CCCCc1nn(Cc2cccc(C)c2)c(N)c1C#N. The van der Waals surface area contributed by atoms with Crippen molar-refractivity contribution in [2.45, 2.75) is 39.7 Å². The van der Waals surface area contributed by atoms with Crippen molar-refractivity contribution in [2.75, 3.05) is 5.73 Å². The van der Waals surface area contributed by atoms with E-state index in [-0.39, 0.29) is 0 Å². The molecule has 1 aromatic carbocycles. The van der Waals surface area contributed by atoms with E-state index in [4.69, 9.17) is 5.73 Å². The summed E-state index contributed by atoms with van der Waals surface area (Å²) in [6.45, 7) is 4.79. The molecule has 0 radical (unpaired) electrons. The Morgan fingerprint density at radius 2 is 2.20 bits per heavy atom. The van der Waals surface area contributed by atoms with Gasteiger partial charge < -0.3 is 5.73 Å². The van der Waals surface area contributed by atoms with Gasteiger partial charge in [-0.2, -0.15) is 10.4 Å². The smallest absolute Gasteiger partial charge is 0.140 e. The number of hydrogen-bond donors (Lipinski definition) is 1. The fourth-order valence-electron chi connectivity index (χ4n) is 2.27. The molecule has 4 heteroatoms. The van der Waals surface area contributed by atoms with Gasteiger partial charge in [0.25, 0.3) is 0 Å². The van der Waals surface area contributed by atoms with Crippen molar-refractivity contribution in [2.24, 2.45) is 0 Å². The van der Waals surface area contributed by atoms with Crippen molar-refractivity contribution in [3.63, 3.8) is 0 Å². The van der Waals surface area contributed by atoms with E-state index < -0.39 is 0 Å². The van der Waals surface area contributed by atoms with Gasteiger partial charge in [-0.1, -0.05) is 43.2 Å². The molecule has 0 spiro atoms. The van der Waals surface area contributed by atoms with Crippen molar-refractivity contribution in [3.05, 3.63) is 46.6 Å². The number of nitriles is 1. The van der Waals surface area contributed by atoms with Crippen LogP contribution in [0.15, 0.2) is 24.3 Å². The van der Waals surface area contributed by atoms with Crippen molar-refractivity contribution in [1.82, 2.24) is 9.78 Å². The fourth-order valence-corrected chi connectivity index (χ4v) is 2.27. The second-order valence-electron chi connectivity index (χ2n) is 5.07. The number of nitrogens with two attached hydrogens (primary N) is 1. The lowest BCUT2D eigenvalue weighted by Crippen LogP contribution is -2.06. The van der Waals surface area contributed by atoms with Crippen LogP contribution >= 0.6 is 0 Å². The Hall–Kier alpha value is -2.28. The lowest BCUT2D eigenvalue weighted by molar-refractivity contribution is 0.668. The first kappa shape index (κ1) is 14.1. The summed E-state index contributed by atoms with van der Waals surface area (Å²) in [5.74, 6) is 0.472. The van der Waals surface area contributed by atoms with Gasteiger partial charge in [-0.3, -0.25) is 0 Å². The third-order valence-electron chi connectivity index (χ3n) is 3.36. The van der Waals surface area contributed by atoms with Crippen LogP contribution in [0.1, 0.15) is 42.1 Å². The Morgan fingerprint density at radius 3 is 2.85 bits per heavy atom. The summed E-state index contributed by atoms with van der Waals surface area (Å²) in [4.78, 5) is 0. The standard InChI is InChI=1S/C16H20N4/c1-3-4-8-15-14(10-17)16(18)20(19-15)11-13-7-5-6-12(2)9-13/h5-7,9H,3-4,8,11,18H2,1-2H3. The van der Waals surface area contributed by atoms with E-state index in [1.165, 1.54) is 5.56 Å². The van der Waals surface area contributed by atoms with E-state index in [0.29, 0.717) is 17.9 Å². The van der Waals surface area contributed by atoms with E-state index in [2.05, 4.69) is 37.1 Å². The van der Waals surface area contributed by atoms with Crippen LogP contribution < -0.4 is 5.73 Å². The fraction of sp³-hybridized carbons (Fsp3) is 0.375. The molecular weight excluding hydrogens is 248 g/mol. The summed E-state index contributed by atoms with van der Waals surface area (Å²) in [6.07, 6.45) is 2.91. The quantitative estimate of drug-likeness (QED) is 0.906. The Morgan fingerprint density at radius 1 is 1.40 bits per heavy atom. The van der Waals surface area contributed by atoms with Crippen molar-refractivity contribution < 1.29 is 0 Å². The van der Waals surface area contributed by atoms with Crippen molar-refractivity contribution >= 4 is 5.82 Å². The van der Waals surface area contributed by atoms with Gasteiger partial charge in [0.2, 0.25) is 0 Å². The normalized spacial score (nSPS) is 10.4. The highest BCUT2D eigenvalue weighted by Gasteiger charge is 2.14. The molecule has 1 heterocycles. The molecule has 4 nitrogen and oxygen atoms in total. The van der Waals surface area contributed by atoms with Crippen LogP contribution in [-0.2, 0) is 13.0 Å². The predicted molar refractivity (Wildman–Crippen MR) is 80.2 cm³/mol. The Labute approximate surface area is 119 Å². The van der Waals surface area contributed by atoms with Gasteiger partial charge in [0.05, 0.1) is 12.2 Å². The lowest BCUT2D eigenvalue weighted by atomic mass is 10.1. The van der Waals surface area contributed by atoms with Gasteiger partial charge in [0.1, 0.15) is 17.5 Å². The van der Waals surface area contributed by atoms with Crippen LogP contribution in [0.5, 0.6) is 0 Å². The Bertz CT molecular complexity index is 634. The number of benzene rings is 1. The summed E-state index contributed by atoms with van der Waals surface area (Å²) in [5, 5.41) is 13.8. The van der Waals surface area contributed by atoms with E-state index in [9.17, 15) is 5.26 Å². The largest absolute Gasteiger partial charge is 0.383 e. The third kappa shape index (κ3) is 3.00. The Balaban J connectivity index is 2.28. The highest BCUT2D eigenvalue weighted by Crippen LogP contribution is 2.19. The summed E-state index contributed by atoms with van der Waals surface area (Å²) in [7, 11) is 0. The second kappa shape index (κ2) is 6.25. The summed E-state index contributed by atoms with van der Waals surface area (Å²) < 4.78 is 1.73. The van der Waals surface area contributed by atoms with Gasteiger partial charge >= 0.3 is 0 Å². The van der Waals surface area contributed by atoms with Gasteiger partial charge in [0.15, 0.2) is 0 Å². The minimum absolute atomic E-state index is 0.472. The van der Waals surface area contributed by atoms with Gasteiger partial charge in [0, 0.05) is 0 Å². The average molecular weight is 268 g/mol. The molecule has 2 rings (SSSR count). The first-order valence-electron chi connectivity index (χ1n) is 6.96. The Kier molecular flexibility index (Phi) is 4.41. The van der Waals surface area contributed by atoms with Gasteiger partial charge in [-0.15, -0.1) is 0 Å². The highest BCUT2D eigenvalue weighted by molar-refractivity contribution is 5.52. The summed E-state index contributed by atoms with van der Waals surface area (Å²) >= 11 is 0. The molecule has 0 aliphatic heterocycles. The topological polar surface area (TPSA) is 67.6 Å². The molecule has 104 valence electrons. The minimum Gasteiger partial charge on any atom is -0.383 e. The maximum atomic E-state index is 9.24. The molecule has 0 bridgehead atoms. The number of nitrogen functional groups attached to an aromatic ring is 1. The number of aromatic nitrogens is 2. The number of anilines is 1. The third-order valence-corrected chi connectivity index (χ3v) is 3.36. The van der Waals surface area contributed by atoms with Crippen LogP contribution in [0.3, 0.4) is 0 Å². The molecule has 20 heavy (non-hydrogen) atoms. The molecule has 1 aromatic heterocycles. The molecule has 0 atom stereocenters. The zero-order valence-corrected chi connectivity index (χ0v) is 12.1. The average Bonchev–Trinajstić information content (AvgIpc) is 2.72. The van der Waals surface area contributed by atoms with Crippen LogP contribution in [0, 0.1) is 18.3 Å². The molecule has 0 aliphatic carbocycles. The molecule has 0 fully saturated rings. The van der Waals surface area contributed by atoms with Gasteiger partial charge in [-0.25, -0.2) is 4.68 Å². The molecule has 2 N–H and O–H groups in total. The van der Waals surface area contributed by atoms with Crippen LogP contribution in [0.25, 0.3) is 0 Å². The zero-order valence-electron chi connectivity index (χ0n) is 12.1. The van der Waals surface area contributed by atoms with Gasteiger partial charge in [-0.05, 0) is 25.3 Å². The molecule has 2 aromatic rings. The molecule has 0 aliphatic rings. The number of rotatable bonds is 5. The van der Waals surface area contributed by atoms with Crippen molar-refractivity contribution in [3.8, 4) is 6.07 Å². The van der Waals surface area contributed by atoms with E-state index >= 15 is 0 Å². The maximum Gasteiger partial charge on any atom is 0.140 e. The van der Waals surface area contributed by atoms with E-state index in [1.54, 1.807) is 4.68 Å². The van der Waals surface area contributed by atoms with E-state index in [1.807, 2.05) is 12.1 Å². The van der Waals surface area contributed by atoms with Crippen LogP contribution in [0.4, 0.5) is 5.82 Å². The highest BCUT2D eigenvalue weighted by atomic mass is 15.3. The van der Waals surface area contributed by atoms with Crippen LogP contribution in [0.2, 0.25) is 0 Å². The molecule has 0 saturated carbocycles. The number of unbranched alkanes of at least 4 members (excludes halogenated alkanes) is 1. The minimum atomic E-state index is 0.472. The monoisotopic (exact) mass is 268 g/mol. The second-order valence-corrected chi connectivity index (χ2v) is 5.07. The molecule has 0 saturated heterocycles. The number of nitrogens with zero attached hydrogens (tertiary/aromatic N) is 3. The number of aryl methyl sites for hydroxylation is 2.